The first-order chi connectivity index (χ1) is 9.08. The van der Waals surface area contributed by atoms with Gasteiger partial charge in [0.05, 0.1) is 7.11 Å². The summed E-state index contributed by atoms with van der Waals surface area (Å²) in [5, 5.41) is 0.739. The summed E-state index contributed by atoms with van der Waals surface area (Å²) >= 11 is 13.2. The fraction of sp³-hybridized carbons (Fsp3) is 0.200. The van der Waals surface area contributed by atoms with E-state index in [1.54, 1.807) is 7.11 Å². The van der Waals surface area contributed by atoms with Crippen LogP contribution < -0.4 is 4.74 Å². The van der Waals surface area contributed by atoms with Crippen molar-refractivity contribution in [3.8, 4) is 5.75 Å². The van der Waals surface area contributed by atoms with Gasteiger partial charge in [-0.3, -0.25) is 0 Å². The molecule has 1 unspecified atom stereocenters. The normalized spacial score (nSPS) is 12.2. The molecule has 2 aromatic rings. The number of benzene rings is 2. The third kappa shape index (κ3) is 4.23. The lowest BCUT2D eigenvalue weighted by Crippen LogP contribution is -1.96. The molecule has 0 radical (unpaired) electrons. The molecular weight excluding hydrogens is 391 g/mol. The van der Waals surface area contributed by atoms with E-state index in [4.69, 9.17) is 16.3 Å². The number of hydrogen-bond acceptors (Lipinski definition) is 1. The number of halogens is 3. The van der Waals surface area contributed by atoms with Crippen LogP contribution in [-0.2, 0) is 6.42 Å². The summed E-state index contributed by atoms with van der Waals surface area (Å²) in [6.07, 6.45) is 0.900. The van der Waals surface area contributed by atoms with Gasteiger partial charge in [0.25, 0.3) is 0 Å². The monoisotopic (exact) mass is 402 g/mol. The van der Waals surface area contributed by atoms with E-state index in [-0.39, 0.29) is 4.83 Å². The predicted octanol–water partition coefficient (Wildman–Crippen LogP) is 5.79. The van der Waals surface area contributed by atoms with Crippen molar-refractivity contribution in [2.45, 2.75) is 11.2 Å². The van der Waals surface area contributed by atoms with Gasteiger partial charge in [-0.2, -0.15) is 0 Å². The molecule has 19 heavy (non-hydrogen) atoms. The summed E-state index contributed by atoms with van der Waals surface area (Å²) in [6.45, 7) is 0. The SMILES string of the molecule is COc1ccc(CC(Br)c2cc(Cl)cc(Br)c2)cc1. The summed E-state index contributed by atoms with van der Waals surface area (Å²) in [6, 6.07) is 14.0. The molecule has 0 aliphatic carbocycles. The van der Waals surface area contributed by atoms with Crippen molar-refractivity contribution >= 4 is 43.5 Å². The van der Waals surface area contributed by atoms with E-state index in [2.05, 4.69) is 50.1 Å². The van der Waals surface area contributed by atoms with Crippen LogP contribution in [0.2, 0.25) is 5.02 Å². The van der Waals surface area contributed by atoms with Crippen LogP contribution in [0.3, 0.4) is 0 Å². The van der Waals surface area contributed by atoms with E-state index in [9.17, 15) is 0 Å². The zero-order valence-corrected chi connectivity index (χ0v) is 14.3. The van der Waals surface area contributed by atoms with Gasteiger partial charge >= 0.3 is 0 Å². The van der Waals surface area contributed by atoms with Gasteiger partial charge < -0.3 is 4.74 Å². The van der Waals surface area contributed by atoms with E-state index in [0.717, 1.165) is 27.2 Å². The quantitative estimate of drug-likeness (QED) is 0.586. The predicted molar refractivity (Wildman–Crippen MR) is 87.5 cm³/mol. The summed E-state index contributed by atoms with van der Waals surface area (Å²) in [7, 11) is 1.67. The molecule has 0 saturated heterocycles. The van der Waals surface area contributed by atoms with Gasteiger partial charge in [0.15, 0.2) is 0 Å². The molecule has 0 N–H and O–H groups in total. The molecule has 100 valence electrons. The highest BCUT2D eigenvalue weighted by Gasteiger charge is 2.10. The van der Waals surface area contributed by atoms with E-state index >= 15 is 0 Å². The Morgan fingerprint density at radius 1 is 1.16 bits per heavy atom. The Bertz CT molecular complexity index is 534. The molecule has 0 heterocycles. The molecule has 1 atom stereocenters. The lowest BCUT2D eigenvalue weighted by atomic mass is 10.0. The molecule has 0 aliphatic heterocycles. The van der Waals surface area contributed by atoms with Gasteiger partial charge in [-0.15, -0.1) is 0 Å². The van der Waals surface area contributed by atoms with E-state index in [1.807, 2.05) is 24.3 Å². The molecule has 0 fully saturated rings. The summed E-state index contributed by atoms with van der Waals surface area (Å²) < 4.78 is 6.15. The van der Waals surface area contributed by atoms with Crippen LogP contribution in [0.5, 0.6) is 5.75 Å². The highest BCUT2D eigenvalue weighted by molar-refractivity contribution is 9.10. The minimum absolute atomic E-state index is 0.232. The van der Waals surface area contributed by atoms with Crippen molar-refractivity contribution in [2.75, 3.05) is 7.11 Å². The second kappa shape index (κ2) is 6.78. The first-order valence-electron chi connectivity index (χ1n) is 5.81. The van der Waals surface area contributed by atoms with Gasteiger partial charge in [-0.05, 0) is 47.9 Å². The lowest BCUT2D eigenvalue weighted by molar-refractivity contribution is 0.414. The number of ether oxygens (including phenoxy) is 1. The van der Waals surface area contributed by atoms with Crippen molar-refractivity contribution in [3.05, 3.63) is 63.1 Å². The number of hydrogen-bond donors (Lipinski definition) is 0. The van der Waals surface area contributed by atoms with Crippen LogP contribution in [0, 0.1) is 0 Å². The maximum Gasteiger partial charge on any atom is 0.118 e. The first-order valence-corrected chi connectivity index (χ1v) is 7.90. The zero-order valence-electron chi connectivity index (χ0n) is 10.4. The van der Waals surface area contributed by atoms with Crippen molar-refractivity contribution < 1.29 is 4.74 Å². The van der Waals surface area contributed by atoms with Crippen LogP contribution in [-0.4, -0.2) is 7.11 Å². The Morgan fingerprint density at radius 3 is 2.42 bits per heavy atom. The van der Waals surface area contributed by atoms with Gasteiger partial charge in [0.2, 0.25) is 0 Å². The van der Waals surface area contributed by atoms with E-state index in [1.165, 1.54) is 5.56 Å². The van der Waals surface area contributed by atoms with Crippen LogP contribution in [0.25, 0.3) is 0 Å². The number of alkyl halides is 1. The highest BCUT2D eigenvalue weighted by atomic mass is 79.9. The smallest absolute Gasteiger partial charge is 0.118 e. The maximum atomic E-state index is 6.07. The minimum Gasteiger partial charge on any atom is -0.497 e. The molecule has 0 amide bonds. The molecule has 0 aliphatic rings. The Morgan fingerprint density at radius 2 is 1.84 bits per heavy atom. The first kappa shape index (κ1) is 14.9. The topological polar surface area (TPSA) is 9.23 Å². The van der Waals surface area contributed by atoms with Gasteiger partial charge in [0.1, 0.15) is 5.75 Å². The molecule has 0 spiro atoms. The number of methoxy groups -OCH3 is 1. The van der Waals surface area contributed by atoms with Gasteiger partial charge in [0, 0.05) is 14.3 Å². The van der Waals surface area contributed by atoms with Crippen molar-refractivity contribution in [3.63, 3.8) is 0 Å². The molecule has 0 aromatic heterocycles. The zero-order chi connectivity index (χ0) is 13.8. The van der Waals surface area contributed by atoms with Crippen LogP contribution in [0.15, 0.2) is 46.9 Å². The second-order valence-corrected chi connectivity index (χ2v) is 6.68. The standard InChI is InChI=1S/C15H13Br2ClO/c1-19-14-4-2-10(3-5-14)6-15(17)11-7-12(16)9-13(18)8-11/h2-5,7-9,15H,6H2,1H3. The fourth-order valence-electron chi connectivity index (χ4n) is 1.84. The molecular formula is C15H13Br2ClO. The fourth-order valence-corrected chi connectivity index (χ4v) is 3.37. The average Bonchev–Trinajstić information content (AvgIpc) is 2.38. The molecule has 4 heteroatoms. The molecule has 0 saturated carbocycles. The van der Waals surface area contributed by atoms with Crippen molar-refractivity contribution in [1.82, 2.24) is 0 Å². The van der Waals surface area contributed by atoms with Crippen LogP contribution in [0.4, 0.5) is 0 Å². The van der Waals surface area contributed by atoms with Crippen molar-refractivity contribution in [2.24, 2.45) is 0 Å². The minimum atomic E-state index is 0.232. The van der Waals surface area contributed by atoms with E-state index in [0.29, 0.717) is 0 Å². The van der Waals surface area contributed by atoms with Crippen molar-refractivity contribution in [1.29, 1.82) is 0 Å². The van der Waals surface area contributed by atoms with E-state index < -0.39 is 0 Å². The summed E-state index contributed by atoms with van der Waals surface area (Å²) in [5.41, 5.74) is 2.41. The van der Waals surface area contributed by atoms with Gasteiger partial charge in [-0.25, -0.2) is 0 Å². The highest BCUT2D eigenvalue weighted by Crippen LogP contribution is 2.31. The average molecular weight is 405 g/mol. The third-order valence-corrected chi connectivity index (χ3v) is 4.35. The number of rotatable bonds is 4. The Hall–Kier alpha value is -0.510. The summed E-state index contributed by atoms with van der Waals surface area (Å²) in [5.74, 6) is 0.875. The lowest BCUT2D eigenvalue weighted by Gasteiger charge is -2.12. The second-order valence-electron chi connectivity index (χ2n) is 4.22. The largest absolute Gasteiger partial charge is 0.497 e. The molecule has 2 rings (SSSR count). The molecule has 0 bridgehead atoms. The molecule has 1 nitrogen and oxygen atoms in total. The van der Waals surface area contributed by atoms with Gasteiger partial charge in [-0.1, -0.05) is 55.6 Å². The van der Waals surface area contributed by atoms with Crippen LogP contribution >= 0.6 is 43.5 Å². The van der Waals surface area contributed by atoms with Crippen LogP contribution in [0.1, 0.15) is 16.0 Å². The summed E-state index contributed by atoms with van der Waals surface area (Å²) in [4.78, 5) is 0.232. The molecule has 2 aromatic carbocycles. The maximum absolute atomic E-state index is 6.07. The Kier molecular flexibility index (Phi) is 5.31. The Balaban J connectivity index is 2.13. The Labute approximate surface area is 135 Å². The third-order valence-electron chi connectivity index (χ3n) is 2.82.